The van der Waals surface area contributed by atoms with E-state index < -0.39 is 17.6 Å². The van der Waals surface area contributed by atoms with Gasteiger partial charge in [-0.25, -0.2) is 5.43 Å². The highest BCUT2D eigenvalue weighted by Crippen LogP contribution is 2.30. The minimum atomic E-state index is -4.45. The maximum atomic E-state index is 12.7. The summed E-state index contributed by atoms with van der Waals surface area (Å²) in [6.07, 6.45) is -2.37. The Morgan fingerprint density at radius 1 is 1.25 bits per heavy atom. The number of carbonyl (C=O) groups excluding carboxylic acids is 1. The molecule has 1 amide bonds. The average molecular weight is 395 g/mol. The SMILES string of the molecule is CCCOc1ccc(/C=N/NC(=O)CNc2cccc(C(F)(F)F)c2)c(O)c1. The lowest BCUT2D eigenvalue weighted by Gasteiger charge is -2.10. The molecular formula is C19H20F3N3O3. The summed E-state index contributed by atoms with van der Waals surface area (Å²) in [4.78, 5) is 11.8. The molecule has 3 N–H and O–H groups in total. The molecule has 0 unspecified atom stereocenters. The Kier molecular flexibility index (Phi) is 7.25. The van der Waals surface area contributed by atoms with Crippen molar-refractivity contribution < 1.29 is 27.8 Å². The number of hydrogen-bond donors (Lipinski definition) is 3. The third-order valence-corrected chi connectivity index (χ3v) is 3.51. The lowest BCUT2D eigenvalue weighted by atomic mass is 10.2. The largest absolute Gasteiger partial charge is 0.507 e. The summed E-state index contributed by atoms with van der Waals surface area (Å²) >= 11 is 0. The van der Waals surface area contributed by atoms with E-state index in [0.29, 0.717) is 17.9 Å². The van der Waals surface area contributed by atoms with Gasteiger partial charge in [0, 0.05) is 17.3 Å². The van der Waals surface area contributed by atoms with Crippen molar-refractivity contribution in [3.8, 4) is 11.5 Å². The third kappa shape index (κ3) is 6.49. The summed E-state index contributed by atoms with van der Waals surface area (Å²) in [5, 5.41) is 16.2. The lowest BCUT2D eigenvalue weighted by Crippen LogP contribution is -2.26. The highest BCUT2D eigenvalue weighted by Gasteiger charge is 2.30. The number of anilines is 1. The predicted molar refractivity (Wildman–Crippen MR) is 99.6 cm³/mol. The first kappa shape index (κ1) is 21.1. The maximum absolute atomic E-state index is 12.7. The van der Waals surface area contributed by atoms with Crippen molar-refractivity contribution in [3.63, 3.8) is 0 Å². The van der Waals surface area contributed by atoms with Crippen molar-refractivity contribution in [1.29, 1.82) is 0 Å². The van der Waals surface area contributed by atoms with Crippen molar-refractivity contribution in [2.75, 3.05) is 18.5 Å². The molecule has 0 aliphatic rings. The van der Waals surface area contributed by atoms with Gasteiger partial charge in [0.25, 0.3) is 5.91 Å². The van der Waals surface area contributed by atoms with E-state index in [1.54, 1.807) is 12.1 Å². The molecule has 0 saturated carbocycles. The monoisotopic (exact) mass is 395 g/mol. The molecule has 0 bridgehead atoms. The van der Waals surface area contributed by atoms with Gasteiger partial charge in [0.15, 0.2) is 0 Å². The van der Waals surface area contributed by atoms with Crippen LogP contribution < -0.4 is 15.5 Å². The average Bonchev–Trinajstić information content (AvgIpc) is 2.66. The number of ether oxygens (including phenoxy) is 1. The molecule has 150 valence electrons. The number of halogens is 3. The maximum Gasteiger partial charge on any atom is 0.416 e. The van der Waals surface area contributed by atoms with Crippen LogP contribution in [0.15, 0.2) is 47.6 Å². The van der Waals surface area contributed by atoms with E-state index in [1.165, 1.54) is 24.4 Å². The predicted octanol–water partition coefficient (Wildman–Crippen LogP) is 3.76. The molecule has 0 fully saturated rings. The molecular weight excluding hydrogens is 375 g/mol. The first-order valence-electron chi connectivity index (χ1n) is 8.48. The minimum Gasteiger partial charge on any atom is -0.507 e. The number of benzene rings is 2. The van der Waals surface area contributed by atoms with Crippen molar-refractivity contribution in [1.82, 2.24) is 5.43 Å². The number of hydrazone groups is 1. The molecule has 0 saturated heterocycles. The topological polar surface area (TPSA) is 83.0 Å². The molecule has 0 aliphatic carbocycles. The van der Waals surface area contributed by atoms with Gasteiger partial charge < -0.3 is 15.2 Å². The molecule has 2 aromatic carbocycles. The quantitative estimate of drug-likeness (QED) is 0.470. The highest BCUT2D eigenvalue weighted by atomic mass is 19.4. The molecule has 0 radical (unpaired) electrons. The van der Waals surface area contributed by atoms with Crippen LogP contribution >= 0.6 is 0 Å². The minimum absolute atomic E-state index is 0.0614. The van der Waals surface area contributed by atoms with Gasteiger partial charge in [-0.2, -0.15) is 18.3 Å². The van der Waals surface area contributed by atoms with Gasteiger partial charge in [-0.1, -0.05) is 13.0 Å². The van der Waals surface area contributed by atoms with Gasteiger partial charge in [0.1, 0.15) is 11.5 Å². The molecule has 0 atom stereocenters. The normalized spacial score (nSPS) is 11.4. The van der Waals surface area contributed by atoms with E-state index in [2.05, 4.69) is 15.8 Å². The van der Waals surface area contributed by atoms with Crippen LogP contribution in [0.5, 0.6) is 11.5 Å². The molecule has 0 heterocycles. The number of phenols is 1. The second-order valence-corrected chi connectivity index (χ2v) is 5.79. The summed E-state index contributed by atoms with van der Waals surface area (Å²) in [5.41, 5.74) is 1.95. The number of nitrogens with zero attached hydrogens (tertiary/aromatic N) is 1. The smallest absolute Gasteiger partial charge is 0.416 e. The van der Waals surface area contributed by atoms with Crippen LogP contribution in [-0.2, 0) is 11.0 Å². The van der Waals surface area contributed by atoms with Crippen LogP contribution in [0.1, 0.15) is 24.5 Å². The van der Waals surface area contributed by atoms with Crippen molar-refractivity contribution >= 4 is 17.8 Å². The summed E-state index contributed by atoms with van der Waals surface area (Å²) in [6, 6.07) is 9.21. The Labute approximate surface area is 160 Å². The van der Waals surface area contributed by atoms with Crippen molar-refractivity contribution in [2.24, 2.45) is 5.10 Å². The number of aromatic hydroxyl groups is 1. The summed E-state index contributed by atoms with van der Waals surface area (Å²) in [5.74, 6) is -0.101. The third-order valence-electron chi connectivity index (χ3n) is 3.51. The Morgan fingerprint density at radius 2 is 2.04 bits per heavy atom. The van der Waals surface area contributed by atoms with E-state index in [0.717, 1.165) is 18.6 Å². The van der Waals surface area contributed by atoms with Crippen molar-refractivity contribution in [2.45, 2.75) is 19.5 Å². The molecule has 0 aromatic heterocycles. The first-order valence-corrected chi connectivity index (χ1v) is 8.48. The Bertz CT molecular complexity index is 839. The van der Waals surface area contributed by atoms with E-state index in [9.17, 15) is 23.1 Å². The van der Waals surface area contributed by atoms with Gasteiger partial charge in [0.2, 0.25) is 0 Å². The lowest BCUT2D eigenvalue weighted by molar-refractivity contribution is -0.137. The number of alkyl halides is 3. The van der Waals surface area contributed by atoms with Crippen molar-refractivity contribution in [3.05, 3.63) is 53.6 Å². The highest BCUT2D eigenvalue weighted by molar-refractivity contribution is 5.86. The molecule has 2 rings (SSSR count). The summed E-state index contributed by atoms with van der Waals surface area (Å²) in [7, 11) is 0. The zero-order chi connectivity index (χ0) is 20.6. The molecule has 0 aliphatic heterocycles. The van der Waals surface area contributed by atoms with Crippen LogP contribution in [-0.4, -0.2) is 30.4 Å². The summed E-state index contributed by atoms with van der Waals surface area (Å²) < 4.78 is 43.4. The van der Waals surface area contributed by atoms with Crippen LogP contribution in [0.2, 0.25) is 0 Å². The van der Waals surface area contributed by atoms with E-state index in [4.69, 9.17) is 4.74 Å². The van der Waals surface area contributed by atoms with Crippen LogP contribution in [0.3, 0.4) is 0 Å². The van der Waals surface area contributed by atoms with E-state index in [-0.39, 0.29) is 18.0 Å². The second-order valence-electron chi connectivity index (χ2n) is 5.79. The Balaban J connectivity index is 1.85. The molecule has 0 spiro atoms. The van der Waals surface area contributed by atoms with Gasteiger partial charge in [-0.3, -0.25) is 4.79 Å². The first-order chi connectivity index (χ1) is 13.3. The number of nitrogens with one attached hydrogen (secondary N) is 2. The molecule has 9 heteroatoms. The fourth-order valence-corrected chi connectivity index (χ4v) is 2.14. The van der Waals surface area contributed by atoms with E-state index >= 15 is 0 Å². The Morgan fingerprint density at radius 3 is 2.71 bits per heavy atom. The zero-order valence-corrected chi connectivity index (χ0v) is 15.1. The van der Waals surface area contributed by atoms with Crippen LogP contribution in [0.25, 0.3) is 0 Å². The number of phenolic OH excluding ortho intramolecular Hbond substituents is 1. The number of amides is 1. The van der Waals surface area contributed by atoms with Crippen LogP contribution in [0.4, 0.5) is 18.9 Å². The number of carbonyl (C=O) groups is 1. The second kappa shape index (κ2) is 9.63. The number of rotatable bonds is 8. The number of hydrogen-bond acceptors (Lipinski definition) is 5. The molecule has 28 heavy (non-hydrogen) atoms. The fourth-order valence-electron chi connectivity index (χ4n) is 2.14. The van der Waals surface area contributed by atoms with Crippen LogP contribution in [0, 0.1) is 0 Å². The van der Waals surface area contributed by atoms with Gasteiger partial charge in [-0.15, -0.1) is 0 Å². The zero-order valence-electron chi connectivity index (χ0n) is 15.1. The fraction of sp³-hybridized carbons (Fsp3) is 0.263. The van der Waals surface area contributed by atoms with Gasteiger partial charge >= 0.3 is 6.18 Å². The van der Waals surface area contributed by atoms with Gasteiger partial charge in [-0.05, 0) is 36.8 Å². The Hall–Kier alpha value is -3.23. The molecule has 6 nitrogen and oxygen atoms in total. The van der Waals surface area contributed by atoms with Gasteiger partial charge in [0.05, 0.1) is 24.9 Å². The van der Waals surface area contributed by atoms with E-state index in [1.807, 2.05) is 6.92 Å². The standard InChI is InChI=1S/C19H20F3N3O3/c1-2-8-28-16-7-6-13(17(26)10-16)11-24-25-18(27)12-23-15-5-3-4-14(9-15)19(20,21)22/h3-7,9-11,23,26H,2,8,12H2,1H3,(H,25,27)/b24-11+. The molecule has 2 aromatic rings. The summed E-state index contributed by atoms with van der Waals surface area (Å²) in [6.45, 7) is 2.22.